The predicted molar refractivity (Wildman–Crippen MR) is 363 cm³/mol. The van der Waals surface area contributed by atoms with Gasteiger partial charge in [0.2, 0.25) is 31.8 Å². The third kappa shape index (κ3) is 21.0. The summed E-state index contributed by atoms with van der Waals surface area (Å²) in [6.07, 6.45) is 0.0866. The fourth-order valence-electron chi connectivity index (χ4n) is 9.37. The van der Waals surface area contributed by atoms with Crippen LogP contribution in [-0.2, 0) is 31.3 Å². The Morgan fingerprint density at radius 1 is 0.485 bits per heavy atom. The molecular formula is C68H67ClFN11O15S3. The second-order valence-corrected chi connectivity index (χ2v) is 26.1. The van der Waals surface area contributed by atoms with E-state index in [-0.39, 0.29) is 56.3 Å². The van der Waals surface area contributed by atoms with Crippen molar-refractivity contribution in [1.82, 2.24) is 55.7 Å². The van der Waals surface area contributed by atoms with Gasteiger partial charge < -0.3 is 15.1 Å². The van der Waals surface area contributed by atoms with Gasteiger partial charge in [-0.1, -0.05) is 96.5 Å². The molecule has 12 N–H and O–H groups in total. The number of hydrogen-bond acceptors (Lipinski definition) is 19. The molecule has 2 heterocycles. The van der Waals surface area contributed by atoms with E-state index in [0.717, 1.165) is 52.1 Å². The van der Waals surface area contributed by atoms with Crippen molar-refractivity contribution in [2.75, 3.05) is 0 Å². The topological polar surface area (TPSA) is 400 Å². The van der Waals surface area contributed by atoms with Crippen LogP contribution in [0.15, 0.2) is 202 Å². The van der Waals surface area contributed by atoms with Crippen LogP contribution in [0.2, 0.25) is 5.02 Å². The molecule has 31 heteroatoms. The molecule has 6 amide bonds. The van der Waals surface area contributed by atoms with E-state index in [4.69, 9.17) is 36.8 Å². The SMILES string of the molecule is CC(NC(=O)c1ccc2nsnc2c1)c1ccc(C(=O)NO)cc1.CC(NS(=O)(=O)c1ccc(F)cc1Cl)c1ccc(C(=O)NO)cc1.Cc1ccccc1S(=O)(=O)NC(C)c1ccc(C(=O)NO)cc1.Cc1oc(-c2ccccc2)nc1CC(=O)NC(C)c1cccc(C(=O)NO)c1. The molecule has 0 bridgehead atoms. The van der Waals surface area contributed by atoms with E-state index in [2.05, 4.69) is 33.8 Å². The summed E-state index contributed by atoms with van der Waals surface area (Å²) in [6.45, 7) is 10.5. The van der Waals surface area contributed by atoms with Crippen LogP contribution in [0.5, 0.6) is 0 Å². The second-order valence-electron chi connectivity index (χ2n) is 21.8. The van der Waals surface area contributed by atoms with Gasteiger partial charge in [-0.25, -0.2) is 57.6 Å². The molecule has 0 spiro atoms. The molecule has 0 fully saturated rings. The Bertz CT molecular complexity index is 4730. The van der Waals surface area contributed by atoms with Gasteiger partial charge in [0.1, 0.15) is 27.5 Å². The summed E-state index contributed by atoms with van der Waals surface area (Å²) in [6, 6.07) is 48.3. The summed E-state index contributed by atoms with van der Waals surface area (Å²) in [5, 5.41) is 40.1. The lowest BCUT2D eigenvalue weighted by Gasteiger charge is -2.16. The number of hydrogen-bond donors (Lipinski definition) is 12. The van der Waals surface area contributed by atoms with Crippen LogP contribution in [0.1, 0.15) is 143 Å². The Morgan fingerprint density at radius 2 is 0.949 bits per heavy atom. The third-order valence-electron chi connectivity index (χ3n) is 14.8. The number of aryl methyl sites for hydroxylation is 2. The van der Waals surface area contributed by atoms with E-state index in [1.54, 1.807) is 159 Å². The molecule has 26 nitrogen and oxygen atoms in total. The van der Waals surface area contributed by atoms with Crippen molar-refractivity contribution >= 4 is 89.9 Å². The molecule has 4 unspecified atom stereocenters. The van der Waals surface area contributed by atoms with Gasteiger partial charge >= 0.3 is 0 Å². The summed E-state index contributed by atoms with van der Waals surface area (Å²) in [7, 11) is -7.59. The van der Waals surface area contributed by atoms with Crippen molar-refractivity contribution in [3.05, 3.63) is 266 Å². The lowest BCUT2D eigenvalue weighted by atomic mass is 10.0. The van der Waals surface area contributed by atoms with Gasteiger partial charge in [-0.3, -0.25) is 49.6 Å². The van der Waals surface area contributed by atoms with E-state index in [1.165, 1.54) is 29.7 Å². The van der Waals surface area contributed by atoms with Crippen LogP contribution in [0.4, 0.5) is 4.39 Å². The fraction of sp³-hybridized carbons (Fsp3) is 0.162. The number of amides is 6. The van der Waals surface area contributed by atoms with Crippen molar-refractivity contribution in [3.8, 4) is 11.5 Å². The van der Waals surface area contributed by atoms with Crippen LogP contribution in [-0.4, -0.2) is 86.8 Å². The number of aromatic nitrogens is 3. The minimum absolute atomic E-state index is 0.0866. The van der Waals surface area contributed by atoms with Crippen molar-refractivity contribution in [3.63, 3.8) is 0 Å². The molecular weight excluding hydrogens is 1360 g/mol. The minimum atomic E-state index is -3.95. The van der Waals surface area contributed by atoms with Gasteiger partial charge in [0.05, 0.1) is 45.8 Å². The number of nitrogens with one attached hydrogen (secondary N) is 8. The maximum atomic E-state index is 13.0. The van der Waals surface area contributed by atoms with Crippen molar-refractivity contribution in [2.45, 2.75) is 81.9 Å². The van der Waals surface area contributed by atoms with E-state index in [9.17, 15) is 50.0 Å². The van der Waals surface area contributed by atoms with E-state index in [1.807, 2.05) is 44.2 Å². The van der Waals surface area contributed by atoms with Crippen LogP contribution in [0.3, 0.4) is 0 Å². The summed E-state index contributed by atoms with van der Waals surface area (Å²) >= 11 is 6.90. The van der Waals surface area contributed by atoms with Gasteiger partial charge in [-0.2, -0.15) is 8.75 Å². The van der Waals surface area contributed by atoms with Crippen molar-refractivity contribution in [1.29, 1.82) is 0 Å². The lowest BCUT2D eigenvalue weighted by Crippen LogP contribution is -2.28. The normalized spacial score (nSPS) is 12.2. The standard InChI is InChI=1S/C21H21N3O4.C16H14N4O3S.C16H18N2O4S.C15H14ClFN2O4S/c1-13(16-9-6-10-17(11-16)20(26)24-27)22-19(25)12-18-14(2)28-21(23-18)15-7-4-3-5-8-15;1-9(10-2-4-11(5-3-10)16(22)18-23)17-15(21)12-6-7-13-14(8-12)20-24-19-13;1-11-5-3-4-6-15(11)23(21,22)18-12(2)13-7-9-14(10-8-13)16(19)17-20;1-9(10-2-4-11(5-3-10)15(20)18-21)19-24(22,23)14-7-6-12(17)8-13(14)16/h3-11,13,27H,12H2,1-2H3,(H,22,25)(H,24,26);2-9,23H,1H3,(H,17,21)(H,18,22);3-10,12,18,20H,1-2H3,(H,17,19);2-9,19,21H,1H3,(H,18,20). The van der Waals surface area contributed by atoms with Gasteiger partial charge in [-0.05, 0) is 172 Å². The average Bonchev–Trinajstić information content (AvgIpc) is 1.54. The zero-order valence-corrected chi connectivity index (χ0v) is 56.7. The zero-order chi connectivity index (χ0) is 72.1. The van der Waals surface area contributed by atoms with E-state index >= 15 is 0 Å². The first-order chi connectivity index (χ1) is 47.1. The minimum Gasteiger partial charge on any atom is -0.441 e. The number of carbonyl (C=O) groups is 6. The summed E-state index contributed by atoms with van der Waals surface area (Å²) in [4.78, 5) is 74.6. The van der Waals surface area contributed by atoms with Crippen molar-refractivity contribution in [2.24, 2.45) is 0 Å². The average molecular weight is 1430 g/mol. The highest BCUT2D eigenvalue weighted by Crippen LogP contribution is 2.27. The van der Waals surface area contributed by atoms with Crippen LogP contribution in [0, 0.1) is 19.7 Å². The van der Waals surface area contributed by atoms with E-state index < -0.39 is 61.6 Å². The highest BCUT2D eigenvalue weighted by Gasteiger charge is 2.24. The number of fused-ring (bicyclic) bond motifs is 1. The molecule has 99 heavy (non-hydrogen) atoms. The highest BCUT2D eigenvalue weighted by atomic mass is 35.5. The Balaban J connectivity index is 0.000000186. The Kier molecular flexibility index (Phi) is 26.9. The smallest absolute Gasteiger partial charge is 0.274 e. The summed E-state index contributed by atoms with van der Waals surface area (Å²) < 4.78 is 81.6. The molecule has 10 rings (SSSR count). The van der Waals surface area contributed by atoms with E-state index in [0.29, 0.717) is 56.2 Å². The molecule has 8 aromatic carbocycles. The summed E-state index contributed by atoms with van der Waals surface area (Å²) in [5.74, 6) is -2.45. The fourth-order valence-corrected chi connectivity index (χ4v) is 13.1. The number of halogens is 2. The molecule has 0 aliphatic carbocycles. The largest absolute Gasteiger partial charge is 0.441 e. The van der Waals surface area contributed by atoms with Crippen molar-refractivity contribution < 1.29 is 75.2 Å². The molecule has 2 aromatic heterocycles. The zero-order valence-electron chi connectivity index (χ0n) is 53.5. The van der Waals surface area contributed by atoms with Crippen LogP contribution in [0.25, 0.3) is 22.5 Å². The first-order valence-electron chi connectivity index (χ1n) is 29.7. The monoisotopic (exact) mass is 1430 g/mol. The number of oxazole rings is 1. The van der Waals surface area contributed by atoms with Crippen LogP contribution < -0.4 is 42.0 Å². The first kappa shape index (κ1) is 75.9. The third-order valence-corrected chi connectivity index (χ3v) is 19.1. The maximum absolute atomic E-state index is 13.0. The number of sulfonamides is 2. The Hall–Kier alpha value is -10.5. The number of nitrogens with zero attached hydrogens (tertiary/aromatic N) is 3. The second kappa shape index (κ2) is 35.1. The van der Waals surface area contributed by atoms with Gasteiger partial charge in [-0.15, -0.1) is 0 Å². The molecule has 0 saturated heterocycles. The number of benzene rings is 8. The van der Waals surface area contributed by atoms with Gasteiger partial charge in [0, 0.05) is 45.5 Å². The number of carbonyl (C=O) groups excluding carboxylic acids is 6. The van der Waals surface area contributed by atoms with Crippen LogP contribution >= 0.6 is 23.3 Å². The number of hydroxylamine groups is 4. The maximum Gasteiger partial charge on any atom is 0.274 e. The van der Waals surface area contributed by atoms with Gasteiger partial charge in [0.15, 0.2) is 0 Å². The quantitative estimate of drug-likeness (QED) is 0.0249. The molecule has 0 aliphatic heterocycles. The predicted octanol–water partition coefficient (Wildman–Crippen LogP) is 10.3. The first-order valence-corrected chi connectivity index (χ1v) is 33.8. The molecule has 10 aromatic rings. The van der Waals surface area contributed by atoms with Gasteiger partial charge in [0.25, 0.3) is 29.5 Å². The lowest BCUT2D eigenvalue weighted by molar-refractivity contribution is -0.121. The highest BCUT2D eigenvalue weighted by molar-refractivity contribution is 7.90. The Morgan fingerprint density at radius 3 is 1.47 bits per heavy atom. The summed E-state index contributed by atoms with van der Waals surface area (Å²) in [5.41, 5.74) is 14.3. The molecule has 4 atom stereocenters. The molecule has 0 radical (unpaired) electrons. The number of rotatable bonds is 20. The molecule has 0 saturated carbocycles. The Labute approximate surface area is 577 Å². The molecule has 516 valence electrons. The molecule has 0 aliphatic rings.